The lowest BCUT2D eigenvalue weighted by molar-refractivity contribution is 0.542. The third-order valence-electron chi connectivity index (χ3n) is 2.79. The monoisotopic (exact) mass is 362 g/mol. The number of nitrogens with zero attached hydrogens (tertiary/aromatic N) is 2. The normalized spacial score (nSPS) is 12.7. The molecule has 0 aliphatic heterocycles. The summed E-state index contributed by atoms with van der Waals surface area (Å²) in [5, 5.41) is 5.42. The van der Waals surface area contributed by atoms with Gasteiger partial charge in [0.1, 0.15) is 0 Å². The lowest BCUT2D eigenvalue weighted by atomic mass is 10.0. The van der Waals surface area contributed by atoms with Crippen molar-refractivity contribution in [2.75, 3.05) is 0 Å². The number of nitrogens with two attached hydrogens (primary N) is 1. The molecule has 1 unspecified atom stereocenters. The first-order valence-electron chi connectivity index (χ1n) is 5.70. The second-order valence-electron chi connectivity index (χ2n) is 4.00. The summed E-state index contributed by atoms with van der Waals surface area (Å²) >= 11 is 15.6. The van der Waals surface area contributed by atoms with Crippen molar-refractivity contribution < 1.29 is 0 Å². The van der Waals surface area contributed by atoms with Crippen molar-refractivity contribution in [2.24, 2.45) is 5.84 Å². The molecule has 1 heterocycles. The summed E-state index contributed by atoms with van der Waals surface area (Å²) in [6, 6.07) is 5.11. The fourth-order valence-electron chi connectivity index (χ4n) is 1.99. The number of hydrazine groups is 1. The van der Waals surface area contributed by atoms with E-state index in [1.54, 1.807) is 12.3 Å². The Morgan fingerprint density at radius 3 is 2.53 bits per heavy atom. The first-order chi connectivity index (χ1) is 9.06. The van der Waals surface area contributed by atoms with E-state index in [1.807, 2.05) is 23.7 Å². The Balaban J connectivity index is 2.52. The summed E-state index contributed by atoms with van der Waals surface area (Å²) in [6.07, 6.45) is 1.75. The lowest BCUT2D eigenvalue weighted by Crippen LogP contribution is -2.31. The second kappa shape index (κ2) is 6.24. The van der Waals surface area contributed by atoms with Crippen LogP contribution in [0.4, 0.5) is 0 Å². The molecule has 0 aliphatic rings. The molecule has 1 aromatic heterocycles. The van der Waals surface area contributed by atoms with Crippen LogP contribution in [0.2, 0.25) is 10.0 Å². The number of hydrogen-bond donors (Lipinski definition) is 2. The van der Waals surface area contributed by atoms with E-state index in [0.29, 0.717) is 10.0 Å². The topological polar surface area (TPSA) is 55.9 Å². The average molecular weight is 364 g/mol. The molecular formula is C12H13BrCl2N4. The molecule has 102 valence electrons. The predicted molar refractivity (Wildman–Crippen MR) is 81.2 cm³/mol. The van der Waals surface area contributed by atoms with Crippen LogP contribution in [0, 0.1) is 0 Å². The zero-order chi connectivity index (χ0) is 14.0. The number of nitrogens with one attached hydrogen (secondary N) is 1. The van der Waals surface area contributed by atoms with Crippen LogP contribution < -0.4 is 11.3 Å². The highest BCUT2D eigenvalue weighted by Gasteiger charge is 2.21. The fourth-order valence-corrected chi connectivity index (χ4v) is 3.05. The Labute approximate surface area is 130 Å². The van der Waals surface area contributed by atoms with Crippen molar-refractivity contribution in [3.8, 4) is 0 Å². The summed E-state index contributed by atoms with van der Waals surface area (Å²) in [5.74, 6) is 5.69. The van der Waals surface area contributed by atoms with Gasteiger partial charge in [-0.2, -0.15) is 5.10 Å². The van der Waals surface area contributed by atoms with Gasteiger partial charge < -0.3 is 0 Å². The Bertz CT molecular complexity index is 565. The van der Waals surface area contributed by atoms with Gasteiger partial charge in [-0.15, -0.1) is 0 Å². The number of aryl methyl sites for hydroxylation is 1. The molecule has 7 heteroatoms. The minimum atomic E-state index is -0.243. The lowest BCUT2D eigenvalue weighted by Gasteiger charge is -2.19. The summed E-state index contributed by atoms with van der Waals surface area (Å²) in [6.45, 7) is 2.76. The maximum atomic E-state index is 6.04. The van der Waals surface area contributed by atoms with Gasteiger partial charge in [0, 0.05) is 16.6 Å². The van der Waals surface area contributed by atoms with E-state index in [1.165, 1.54) is 0 Å². The van der Waals surface area contributed by atoms with Crippen LogP contribution in [0.3, 0.4) is 0 Å². The summed E-state index contributed by atoms with van der Waals surface area (Å²) < 4.78 is 2.75. The molecule has 1 aromatic carbocycles. The van der Waals surface area contributed by atoms with Crippen molar-refractivity contribution in [3.63, 3.8) is 0 Å². The number of benzene rings is 1. The largest absolute Gasteiger partial charge is 0.271 e. The van der Waals surface area contributed by atoms with Crippen molar-refractivity contribution in [2.45, 2.75) is 19.5 Å². The first kappa shape index (κ1) is 14.8. The van der Waals surface area contributed by atoms with Crippen LogP contribution in [-0.4, -0.2) is 9.78 Å². The summed E-state index contributed by atoms with van der Waals surface area (Å²) in [7, 11) is 0. The number of halogens is 3. The van der Waals surface area contributed by atoms with Gasteiger partial charge in [0.25, 0.3) is 0 Å². The molecule has 4 nitrogen and oxygen atoms in total. The van der Waals surface area contributed by atoms with E-state index < -0.39 is 0 Å². The fraction of sp³-hybridized carbons (Fsp3) is 0.250. The first-order valence-corrected chi connectivity index (χ1v) is 7.25. The molecule has 19 heavy (non-hydrogen) atoms. The van der Waals surface area contributed by atoms with Crippen molar-refractivity contribution >= 4 is 39.1 Å². The van der Waals surface area contributed by atoms with E-state index in [4.69, 9.17) is 29.0 Å². The third-order valence-corrected chi connectivity index (χ3v) is 3.84. The molecular weight excluding hydrogens is 351 g/mol. The molecule has 0 amide bonds. The van der Waals surface area contributed by atoms with Gasteiger partial charge in [-0.25, -0.2) is 5.43 Å². The Kier molecular flexibility index (Phi) is 4.86. The Morgan fingerprint density at radius 2 is 2.00 bits per heavy atom. The molecule has 0 radical (unpaired) electrons. The van der Waals surface area contributed by atoms with Gasteiger partial charge in [-0.05, 0) is 46.6 Å². The SMILES string of the molecule is CCn1ncc(Br)c1C(NN)c1cc(Cl)cc(Cl)c1. The van der Waals surface area contributed by atoms with Gasteiger partial charge in [-0.3, -0.25) is 10.5 Å². The van der Waals surface area contributed by atoms with Crippen molar-refractivity contribution in [1.82, 2.24) is 15.2 Å². The average Bonchev–Trinajstić information content (AvgIpc) is 2.71. The number of rotatable bonds is 4. The van der Waals surface area contributed by atoms with Gasteiger partial charge >= 0.3 is 0 Å². The Morgan fingerprint density at radius 1 is 1.37 bits per heavy atom. The molecule has 0 bridgehead atoms. The molecule has 2 aromatic rings. The minimum absolute atomic E-state index is 0.243. The Hall–Kier alpha value is -0.590. The molecule has 0 saturated carbocycles. The standard InChI is InChI=1S/C12H13BrCl2N4/c1-2-19-12(10(13)6-17-19)11(18-16)7-3-8(14)5-9(15)4-7/h3-6,11,18H,2,16H2,1H3. The maximum Gasteiger partial charge on any atom is 0.0890 e. The van der Waals surface area contributed by atoms with Crippen LogP contribution in [0.15, 0.2) is 28.9 Å². The number of hydrogen-bond acceptors (Lipinski definition) is 3. The summed E-state index contributed by atoms with van der Waals surface area (Å²) in [4.78, 5) is 0. The highest BCUT2D eigenvalue weighted by molar-refractivity contribution is 9.10. The maximum absolute atomic E-state index is 6.04. The van der Waals surface area contributed by atoms with Crippen molar-refractivity contribution in [3.05, 3.63) is 50.2 Å². The molecule has 0 spiro atoms. The van der Waals surface area contributed by atoms with Gasteiger partial charge in [0.05, 0.1) is 22.4 Å². The van der Waals surface area contributed by atoms with Crippen LogP contribution in [-0.2, 0) is 6.54 Å². The van der Waals surface area contributed by atoms with Crippen LogP contribution in [0.25, 0.3) is 0 Å². The van der Waals surface area contributed by atoms with Crippen LogP contribution in [0.1, 0.15) is 24.2 Å². The van der Waals surface area contributed by atoms with Gasteiger partial charge in [-0.1, -0.05) is 23.2 Å². The number of aromatic nitrogens is 2. The molecule has 2 rings (SSSR count). The minimum Gasteiger partial charge on any atom is -0.271 e. The van der Waals surface area contributed by atoms with E-state index in [0.717, 1.165) is 22.3 Å². The molecule has 0 fully saturated rings. The molecule has 1 atom stereocenters. The third kappa shape index (κ3) is 3.12. The smallest absolute Gasteiger partial charge is 0.0890 e. The molecule has 0 saturated heterocycles. The highest BCUT2D eigenvalue weighted by Crippen LogP contribution is 2.31. The van der Waals surface area contributed by atoms with E-state index in [-0.39, 0.29) is 6.04 Å². The highest BCUT2D eigenvalue weighted by atomic mass is 79.9. The zero-order valence-electron chi connectivity index (χ0n) is 10.2. The van der Waals surface area contributed by atoms with E-state index in [2.05, 4.69) is 26.5 Å². The van der Waals surface area contributed by atoms with Crippen LogP contribution >= 0.6 is 39.1 Å². The molecule has 3 N–H and O–H groups in total. The molecule has 0 aliphatic carbocycles. The predicted octanol–water partition coefficient (Wildman–Crippen LogP) is 3.53. The zero-order valence-corrected chi connectivity index (χ0v) is 13.3. The van der Waals surface area contributed by atoms with E-state index >= 15 is 0 Å². The quantitative estimate of drug-likeness (QED) is 0.645. The van der Waals surface area contributed by atoms with E-state index in [9.17, 15) is 0 Å². The second-order valence-corrected chi connectivity index (χ2v) is 5.72. The van der Waals surface area contributed by atoms with Crippen molar-refractivity contribution in [1.29, 1.82) is 0 Å². The van der Waals surface area contributed by atoms with Gasteiger partial charge in [0.2, 0.25) is 0 Å². The van der Waals surface area contributed by atoms with Crippen LogP contribution in [0.5, 0.6) is 0 Å². The summed E-state index contributed by atoms with van der Waals surface area (Å²) in [5.41, 5.74) is 4.60. The van der Waals surface area contributed by atoms with Gasteiger partial charge in [0.15, 0.2) is 0 Å².